The monoisotopic (exact) mass is 392 g/mol. The summed E-state index contributed by atoms with van der Waals surface area (Å²) in [5.74, 6) is 0.197. The minimum atomic E-state index is -0.0372. The van der Waals surface area contributed by atoms with Gasteiger partial charge in [0.25, 0.3) is 0 Å². The van der Waals surface area contributed by atoms with Crippen molar-refractivity contribution in [2.75, 3.05) is 33.4 Å². The second kappa shape index (κ2) is 9.25. The van der Waals surface area contributed by atoms with E-state index in [1.54, 1.807) is 7.11 Å². The second-order valence-electron chi connectivity index (χ2n) is 7.47. The maximum atomic E-state index is 12.9. The molecule has 1 atom stereocenters. The fraction of sp³-hybridized carbons (Fsp3) is 0.375. The van der Waals surface area contributed by atoms with Crippen molar-refractivity contribution in [2.45, 2.75) is 25.5 Å². The largest absolute Gasteiger partial charge is 0.383 e. The first-order valence-electron chi connectivity index (χ1n) is 10.3. The van der Waals surface area contributed by atoms with E-state index in [9.17, 15) is 4.79 Å². The highest BCUT2D eigenvalue weighted by atomic mass is 16.5. The molecule has 0 N–H and O–H groups in total. The standard InChI is InChI=1S/C24H28N2O3/c1-28-15-13-25-17-20(21-9-5-6-10-22(21)25)11-12-24(27)26-14-16-29-23(18-26)19-7-3-2-4-8-19/h2-10,17,23H,11-16,18H2,1H3. The Kier molecular flexibility index (Phi) is 6.27. The van der Waals surface area contributed by atoms with Crippen molar-refractivity contribution in [3.8, 4) is 0 Å². The predicted molar refractivity (Wildman–Crippen MR) is 114 cm³/mol. The molecule has 1 aliphatic heterocycles. The predicted octanol–water partition coefficient (Wildman–Crippen LogP) is 3.82. The third-order valence-electron chi connectivity index (χ3n) is 5.61. The first-order valence-corrected chi connectivity index (χ1v) is 10.3. The van der Waals surface area contributed by atoms with Crippen LogP contribution in [0.25, 0.3) is 10.9 Å². The topological polar surface area (TPSA) is 43.7 Å². The Balaban J connectivity index is 1.42. The van der Waals surface area contributed by atoms with Gasteiger partial charge in [-0.2, -0.15) is 0 Å². The number of hydrogen-bond donors (Lipinski definition) is 0. The molecule has 4 rings (SSSR count). The molecule has 1 unspecified atom stereocenters. The van der Waals surface area contributed by atoms with Crippen molar-refractivity contribution < 1.29 is 14.3 Å². The van der Waals surface area contributed by atoms with Crippen LogP contribution in [-0.4, -0.2) is 48.8 Å². The average Bonchev–Trinajstić information content (AvgIpc) is 3.14. The lowest BCUT2D eigenvalue weighted by atomic mass is 10.1. The molecule has 1 aromatic heterocycles. The van der Waals surface area contributed by atoms with Crippen LogP contribution in [0.3, 0.4) is 0 Å². The number of ether oxygens (including phenoxy) is 2. The smallest absolute Gasteiger partial charge is 0.223 e. The number of aryl methyl sites for hydroxylation is 1. The summed E-state index contributed by atoms with van der Waals surface area (Å²) in [5, 5.41) is 1.22. The molecule has 1 fully saturated rings. The molecular weight excluding hydrogens is 364 g/mol. The van der Waals surface area contributed by atoms with Gasteiger partial charge in [-0.3, -0.25) is 4.79 Å². The fourth-order valence-corrected chi connectivity index (χ4v) is 4.04. The minimum Gasteiger partial charge on any atom is -0.383 e. The summed E-state index contributed by atoms with van der Waals surface area (Å²) >= 11 is 0. The Bertz CT molecular complexity index is 951. The lowest BCUT2D eigenvalue weighted by Gasteiger charge is -2.33. The summed E-state index contributed by atoms with van der Waals surface area (Å²) in [6.07, 6.45) is 3.39. The van der Waals surface area contributed by atoms with Gasteiger partial charge in [-0.05, 0) is 23.6 Å². The van der Waals surface area contributed by atoms with Crippen LogP contribution < -0.4 is 0 Å². The number of fused-ring (bicyclic) bond motifs is 1. The third kappa shape index (κ3) is 4.52. The van der Waals surface area contributed by atoms with Crippen LogP contribution in [0, 0.1) is 0 Å². The molecule has 29 heavy (non-hydrogen) atoms. The van der Waals surface area contributed by atoms with Crippen LogP contribution >= 0.6 is 0 Å². The van der Waals surface area contributed by atoms with Crippen molar-refractivity contribution >= 4 is 16.8 Å². The molecule has 152 valence electrons. The van der Waals surface area contributed by atoms with Gasteiger partial charge >= 0.3 is 0 Å². The SMILES string of the molecule is COCCn1cc(CCC(=O)N2CCOC(c3ccccc3)C2)c2ccccc21. The number of benzene rings is 2. The molecule has 0 saturated carbocycles. The summed E-state index contributed by atoms with van der Waals surface area (Å²) in [6, 6.07) is 18.5. The molecule has 1 amide bonds. The van der Waals surface area contributed by atoms with Gasteiger partial charge in [0, 0.05) is 43.7 Å². The first-order chi connectivity index (χ1) is 14.3. The number of nitrogens with zero attached hydrogens (tertiary/aromatic N) is 2. The summed E-state index contributed by atoms with van der Waals surface area (Å²) in [6.45, 7) is 3.36. The van der Waals surface area contributed by atoms with Crippen molar-refractivity contribution in [1.29, 1.82) is 0 Å². The lowest BCUT2D eigenvalue weighted by Crippen LogP contribution is -2.42. The highest BCUT2D eigenvalue weighted by Gasteiger charge is 2.25. The van der Waals surface area contributed by atoms with E-state index in [1.807, 2.05) is 23.1 Å². The fourth-order valence-electron chi connectivity index (χ4n) is 4.04. The zero-order valence-electron chi connectivity index (χ0n) is 16.9. The molecule has 2 aromatic carbocycles. The summed E-state index contributed by atoms with van der Waals surface area (Å²) in [4.78, 5) is 14.9. The quantitative estimate of drug-likeness (QED) is 0.614. The molecule has 1 aliphatic rings. The van der Waals surface area contributed by atoms with Crippen LogP contribution in [0.15, 0.2) is 60.8 Å². The minimum absolute atomic E-state index is 0.0372. The van der Waals surface area contributed by atoms with E-state index in [0.717, 1.165) is 18.5 Å². The highest BCUT2D eigenvalue weighted by Crippen LogP contribution is 2.25. The van der Waals surface area contributed by atoms with E-state index in [2.05, 4.69) is 47.2 Å². The number of para-hydroxylation sites is 1. The van der Waals surface area contributed by atoms with E-state index in [1.165, 1.54) is 16.5 Å². The van der Waals surface area contributed by atoms with Crippen molar-refractivity contribution in [3.63, 3.8) is 0 Å². The maximum absolute atomic E-state index is 12.9. The number of morpholine rings is 1. The number of methoxy groups -OCH3 is 1. The summed E-state index contributed by atoms with van der Waals surface area (Å²) < 4.78 is 13.4. The van der Waals surface area contributed by atoms with Crippen molar-refractivity contribution in [2.24, 2.45) is 0 Å². The van der Waals surface area contributed by atoms with Gasteiger partial charge < -0.3 is 18.9 Å². The van der Waals surface area contributed by atoms with Crippen LogP contribution in [0.5, 0.6) is 0 Å². The van der Waals surface area contributed by atoms with E-state index < -0.39 is 0 Å². The summed E-state index contributed by atoms with van der Waals surface area (Å²) in [5.41, 5.74) is 3.55. The summed E-state index contributed by atoms with van der Waals surface area (Å²) in [7, 11) is 1.72. The average molecular weight is 392 g/mol. The van der Waals surface area contributed by atoms with Gasteiger partial charge in [-0.1, -0.05) is 48.5 Å². The Morgan fingerprint density at radius 3 is 2.76 bits per heavy atom. The molecule has 5 nitrogen and oxygen atoms in total. The number of carbonyl (C=O) groups is 1. The zero-order chi connectivity index (χ0) is 20.1. The molecule has 0 aliphatic carbocycles. The Hall–Kier alpha value is -2.63. The third-order valence-corrected chi connectivity index (χ3v) is 5.61. The van der Waals surface area contributed by atoms with Crippen LogP contribution in [-0.2, 0) is 27.2 Å². The molecule has 0 spiro atoms. The van der Waals surface area contributed by atoms with Crippen LogP contribution in [0.4, 0.5) is 0 Å². The van der Waals surface area contributed by atoms with Gasteiger partial charge in [0.2, 0.25) is 5.91 Å². The van der Waals surface area contributed by atoms with E-state index in [-0.39, 0.29) is 12.0 Å². The number of hydrogen-bond acceptors (Lipinski definition) is 3. The van der Waals surface area contributed by atoms with Crippen molar-refractivity contribution in [1.82, 2.24) is 9.47 Å². The second-order valence-corrected chi connectivity index (χ2v) is 7.47. The Morgan fingerprint density at radius 2 is 1.93 bits per heavy atom. The molecule has 5 heteroatoms. The van der Waals surface area contributed by atoms with Crippen molar-refractivity contribution in [3.05, 3.63) is 71.9 Å². The number of aromatic nitrogens is 1. The van der Waals surface area contributed by atoms with Crippen LogP contribution in [0.1, 0.15) is 23.7 Å². The van der Waals surface area contributed by atoms with E-state index >= 15 is 0 Å². The van der Waals surface area contributed by atoms with Gasteiger partial charge in [-0.25, -0.2) is 0 Å². The molecule has 2 heterocycles. The number of carbonyl (C=O) groups excluding carboxylic acids is 1. The molecule has 0 radical (unpaired) electrons. The van der Waals surface area contributed by atoms with E-state index in [0.29, 0.717) is 32.7 Å². The Morgan fingerprint density at radius 1 is 1.14 bits per heavy atom. The molecule has 3 aromatic rings. The molecular formula is C24H28N2O3. The van der Waals surface area contributed by atoms with Gasteiger partial charge in [0.1, 0.15) is 6.10 Å². The number of amides is 1. The van der Waals surface area contributed by atoms with E-state index in [4.69, 9.17) is 9.47 Å². The highest BCUT2D eigenvalue weighted by molar-refractivity contribution is 5.85. The van der Waals surface area contributed by atoms with Gasteiger partial charge in [0.05, 0.1) is 19.8 Å². The number of rotatable bonds is 7. The molecule has 0 bridgehead atoms. The molecule has 1 saturated heterocycles. The van der Waals surface area contributed by atoms with Gasteiger partial charge in [0.15, 0.2) is 0 Å². The van der Waals surface area contributed by atoms with Gasteiger partial charge in [-0.15, -0.1) is 0 Å². The lowest BCUT2D eigenvalue weighted by molar-refractivity contribution is -0.139. The Labute approximate surface area is 171 Å². The first kappa shape index (κ1) is 19.7. The zero-order valence-corrected chi connectivity index (χ0v) is 16.9. The normalized spacial score (nSPS) is 17.0. The van der Waals surface area contributed by atoms with Crippen LogP contribution in [0.2, 0.25) is 0 Å². The maximum Gasteiger partial charge on any atom is 0.223 e.